The molecule has 0 radical (unpaired) electrons. The predicted octanol–water partition coefficient (Wildman–Crippen LogP) is 2.91. The number of hydrogen-bond donors (Lipinski definition) is 1. The van der Waals surface area contributed by atoms with Crippen molar-refractivity contribution >= 4 is 17.4 Å². The number of ether oxygens (including phenoxy) is 1. The van der Waals surface area contributed by atoms with Crippen molar-refractivity contribution in [2.75, 3.05) is 62.8 Å². The standard InChI is InChI=1S/C25H35N5O2/c1-4-30(21-7-13-32-14-8-21)23-16-20(15-22(18(23)2)25(26)31)19-5-6-24(27-17-19)29-11-9-28(3)10-12-29/h5-6,15-17,21H,4,7-14H2,1-3H3,(H2,26,31). The Morgan fingerprint density at radius 3 is 2.47 bits per heavy atom. The van der Waals surface area contributed by atoms with Gasteiger partial charge in [-0.15, -0.1) is 0 Å². The maximum Gasteiger partial charge on any atom is 0.249 e. The molecular weight excluding hydrogens is 402 g/mol. The van der Waals surface area contributed by atoms with E-state index < -0.39 is 5.91 Å². The molecule has 2 saturated heterocycles. The number of benzene rings is 1. The van der Waals surface area contributed by atoms with Crippen LogP contribution in [0.5, 0.6) is 0 Å². The molecule has 0 unspecified atom stereocenters. The van der Waals surface area contributed by atoms with Crippen LogP contribution < -0.4 is 15.5 Å². The summed E-state index contributed by atoms with van der Waals surface area (Å²) in [6, 6.07) is 8.69. The minimum Gasteiger partial charge on any atom is -0.381 e. The van der Waals surface area contributed by atoms with Crippen molar-refractivity contribution in [3.05, 3.63) is 41.6 Å². The molecule has 2 N–H and O–H groups in total. The van der Waals surface area contributed by atoms with Gasteiger partial charge in [0.2, 0.25) is 5.91 Å². The summed E-state index contributed by atoms with van der Waals surface area (Å²) in [5, 5.41) is 0. The highest BCUT2D eigenvalue weighted by atomic mass is 16.5. The van der Waals surface area contributed by atoms with Crippen LogP contribution in [0, 0.1) is 6.92 Å². The third kappa shape index (κ3) is 4.74. The van der Waals surface area contributed by atoms with E-state index in [9.17, 15) is 4.79 Å². The second kappa shape index (κ2) is 9.88. The number of nitrogens with zero attached hydrogens (tertiary/aromatic N) is 4. The maximum atomic E-state index is 12.3. The van der Waals surface area contributed by atoms with Crippen molar-refractivity contribution in [1.82, 2.24) is 9.88 Å². The number of nitrogens with two attached hydrogens (primary N) is 1. The van der Waals surface area contributed by atoms with Gasteiger partial charge in [0, 0.05) is 75.0 Å². The lowest BCUT2D eigenvalue weighted by molar-refractivity contribution is 0.0846. The lowest BCUT2D eigenvalue weighted by atomic mass is 9.96. The highest BCUT2D eigenvalue weighted by Crippen LogP contribution is 2.34. The molecule has 0 aliphatic carbocycles. The van der Waals surface area contributed by atoms with Crippen LogP contribution in [0.3, 0.4) is 0 Å². The molecule has 7 heteroatoms. The summed E-state index contributed by atoms with van der Waals surface area (Å²) in [5.41, 5.74) is 10.3. The van der Waals surface area contributed by atoms with Gasteiger partial charge in [0.05, 0.1) is 0 Å². The van der Waals surface area contributed by atoms with Crippen LogP contribution in [0.25, 0.3) is 11.1 Å². The molecule has 0 atom stereocenters. The van der Waals surface area contributed by atoms with Crippen LogP contribution >= 0.6 is 0 Å². The third-order valence-corrected chi connectivity index (χ3v) is 6.84. The Bertz CT molecular complexity index is 932. The van der Waals surface area contributed by atoms with Crippen LogP contribution in [0.15, 0.2) is 30.5 Å². The summed E-state index contributed by atoms with van der Waals surface area (Å²) in [4.78, 5) is 24.1. The van der Waals surface area contributed by atoms with Gasteiger partial charge < -0.3 is 25.2 Å². The highest BCUT2D eigenvalue weighted by molar-refractivity contribution is 5.97. The molecule has 0 spiro atoms. The number of anilines is 2. The van der Waals surface area contributed by atoms with Crippen molar-refractivity contribution in [3.8, 4) is 11.1 Å². The quantitative estimate of drug-likeness (QED) is 0.749. The normalized spacial score (nSPS) is 18.0. The van der Waals surface area contributed by atoms with E-state index in [1.54, 1.807) is 0 Å². The van der Waals surface area contributed by atoms with Gasteiger partial charge in [-0.2, -0.15) is 0 Å². The Morgan fingerprint density at radius 1 is 1.16 bits per heavy atom. The number of amides is 1. The van der Waals surface area contributed by atoms with Crippen molar-refractivity contribution in [1.29, 1.82) is 0 Å². The number of likely N-dealkylation sites (N-methyl/N-ethyl adjacent to an activating group) is 1. The van der Waals surface area contributed by atoms with Crippen LogP contribution in [-0.2, 0) is 4.74 Å². The topological polar surface area (TPSA) is 74.9 Å². The maximum absolute atomic E-state index is 12.3. The number of hydrogen-bond acceptors (Lipinski definition) is 6. The third-order valence-electron chi connectivity index (χ3n) is 6.84. The zero-order chi connectivity index (χ0) is 22.7. The lowest BCUT2D eigenvalue weighted by Gasteiger charge is -2.37. The highest BCUT2D eigenvalue weighted by Gasteiger charge is 2.24. The number of carbonyl (C=O) groups excluding carboxylic acids is 1. The fourth-order valence-electron chi connectivity index (χ4n) is 4.82. The van der Waals surface area contributed by atoms with Crippen molar-refractivity contribution in [2.45, 2.75) is 32.7 Å². The summed E-state index contributed by atoms with van der Waals surface area (Å²) in [6.45, 7) is 10.7. The summed E-state index contributed by atoms with van der Waals surface area (Å²) in [5.74, 6) is 0.609. The van der Waals surface area contributed by atoms with Gasteiger partial charge in [-0.05, 0) is 69.1 Å². The number of piperazine rings is 1. The summed E-state index contributed by atoms with van der Waals surface area (Å²) >= 11 is 0. The fourth-order valence-corrected chi connectivity index (χ4v) is 4.82. The van der Waals surface area contributed by atoms with Gasteiger partial charge in [-0.1, -0.05) is 0 Å². The monoisotopic (exact) mass is 437 g/mol. The van der Waals surface area contributed by atoms with Crippen molar-refractivity contribution in [2.24, 2.45) is 5.73 Å². The lowest BCUT2D eigenvalue weighted by Crippen LogP contribution is -2.44. The average Bonchev–Trinajstić information content (AvgIpc) is 2.82. The van der Waals surface area contributed by atoms with E-state index in [0.29, 0.717) is 11.6 Å². The number of rotatable bonds is 6. The molecule has 2 aromatic rings. The first-order valence-electron chi connectivity index (χ1n) is 11.7. The molecule has 1 aromatic heterocycles. The largest absolute Gasteiger partial charge is 0.381 e. The first-order chi connectivity index (χ1) is 15.5. The number of carbonyl (C=O) groups is 1. The Balaban J connectivity index is 1.67. The molecular formula is C25H35N5O2. The van der Waals surface area contributed by atoms with Gasteiger partial charge in [-0.25, -0.2) is 4.98 Å². The molecule has 7 nitrogen and oxygen atoms in total. The van der Waals surface area contributed by atoms with E-state index in [0.717, 1.165) is 87.0 Å². The first kappa shape index (κ1) is 22.6. The Hall–Kier alpha value is -2.64. The number of pyridine rings is 1. The molecule has 2 aliphatic heterocycles. The SMILES string of the molecule is CCN(c1cc(-c2ccc(N3CCN(C)CC3)nc2)cc(C(N)=O)c1C)C1CCOCC1. The molecule has 2 fully saturated rings. The Labute approximate surface area is 191 Å². The minimum atomic E-state index is -0.393. The molecule has 4 rings (SSSR count). The smallest absolute Gasteiger partial charge is 0.249 e. The van der Waals surface area contributed by atoms with E-state index in [1.165, 1.54) is 0 Å². The predicted molar refractivity (Wildman–Crippen MR) is 129 cm³/mol. The molecule has 1 amide bonds. The van der Waals surface area contributed by atoms with Gasteiger partial charge in [0.15, 0.2) is 0 Å². The van der Waals surface area contributed by atoms with Crippen LogP contribution in [-0.4, -0.2) is 74.8 Å². The molecule has 32 heavy (non-hydrogen) atoms. The van der Waals surface area contributed by atoms with E-state index >= 15 is 0 Å². The number of primary amides is 1. The van der Waals surface area contributed by atoms with Crippen LogP contribution in [0.1, 0.15) is 35.7 Å². The molecule has 1 aromatic carbocycles. The average molecular weight is 438 g/mol. The van der Waals surface area contributed by atoms with Gasteiger partial charge in [0.25, 0.3) is 0 Å². The van der Waals surface area contributed by atoms with Crippen molar-refractivity contribution < 1.29 is 9.53 Å². The second-order valence-corrected chi connectivity index (χ2v) is 8.86. The zero-order valence-electron chi connectivity index (χ0n) is 19.5. The molecule has 2 aliphatic rings. The van der Waals surface area contributed by atoms with E-state index in [4.69, 9.17) is 15.5 Å². The van der Waals surface area contributed by atoms with Gasteiger partial charge in [0.1, 0.15) is 5.82 Å². The first-order valence-corrected chi connectivity index (χ1v) is 11.7. The molecule has 172 valence electrons. The summed E-state index contributed by atoms with van der Waals surface area (Å²) in [6.07, 6.45) is 3.90. The molecule has 3 heterocycles. The molecule has 0 bridgehead atoms. The van der Waals surface area contributed by atoms with Gasteiger partial charge in [-0.3, -0.25) is 4.79 Å². The molecule has 0 saturated carbocycles. The Kier molecular flexibility index (Phi) is 6.96. The van der Waals surface area contributed by atoms with Crippen LogP contribution in [0.2, 0.25) is 0 Å². The summed E-state index contributed by atoms with van der Waals surface area (Å²) < 4.78 is 5.57. The van der Waals surface area contributed by atoms with Crippen LogP contribution in [0.4, 0.5) is 11.5 Å². The van der Waals surface area contributed by atoms with Crippen molar-refractivity contribution in [3.63, 3.8) is 0 Å². The minimum absolute atomic E-state index is 0.393. The van der Waals surface area contributed by atoms with E-state index in [1.807, 2.05) is 19.2 Å². The fraction of sp³-hybridized carbons (Fsp3) is 0.520. The summed E-state index contributed by atoms with van der Waals surface area (Å²) in [7, 11) is 2.15. The Morgan fingerprint density at radius 2 is 1.88 bits per heavy atom. The van der Waals surface area contributed by atoms with Gasteiger partial charge >= 0.3 is 0 Å². The van der Waals surface area contributed by atoms with E-state index in [-0.39, 0.29) is 0 Å². The van der Waals surface area contributed by atoms with E-state index in [2.05, 4.69) is 46.9 Å². The number of aromatic nitrogens is 1. The second-order valence-electron chi connectivity index (χ2n) is 8.86. The zero-order valence-corrected chi connectivity index (χ0v) is 19.5.